The number of para-hydroxylation sites is 1. The molecule has 1 atom stereocenters. The number of pyridine rings is 1. The molecule has 0 amide bonds. The van der Waals surface area contributed by atoms with Gasteiger partial charge in [0, 0.05) is 38.6 Å². The zero-order valence-electron chi connectivity index (χ0n) is 13.6. The summed E-state index contributed by atoms with van der Waals surface area (Å²) in [7, 11) is 0. The first-order valence-corrected chi connectivity index (χ1v) is 8.98. The predicted octanol–water partition coefficient (Wildman–Crippen LogP) is 2.47. The van der Waals surface area contributed by atoms with Crippen LogP contribution in [0, 0.1) is 0 Å². The Hall–Kier alpha value is -2.51. The minimum atomic E-state index is -0.797. The topological polar surface area (TPSA) is 69.6 Å². The minimum absolute atomic E-state index is 0.440. The third-order valence-corrected chi connectivity index (χ3v) is 5.54. The summed E-state index contributed by atoms with van der Waals surface area (Å²) in [6.07, 6.45) is 3.52. The molecule has 1 N–H and O–H groups in total. The number of nitrogens with zero attached hydrogens (tertiary/aromatic N) is 4. The van der Waals surface area contributed by atoms with Crippen LogP contribution in [0.1, 0.15) is 5.56 Å². The fraction of sp³-hybridized carbons (Fsp3) is 0.278. The molecule has 3 heterocycles. The molecule has 128 valence electrons. The normalized spacial score (nSPS) is 18.6. The van der Waals surface area contributed by atoms with Crippen molar-refractivity contribution in [3.05, 3.63) is 54.4 Å². The number of benzene rings is 1. The second-order valence-corrected chi connectivity index (χ2v) is 7.11. The smallest absolute Gasteiger partial charge is 0.322 e. The Kier molecular flexibility index (Phi) is 4.33. The zero-order valence-corrected chi connectivity index (χ0v) is 14.4. The lowest BCUT2D eigenvalue weighted by molar-refractivity contribution is -0.143. The number of piperazine rings is 1. The summed E-state index contributed by atoms with van der Waals surface area (Å²) in [6, 6.07) is 11.3. The summed E-state index contributed by atoms with van der Waals surface area (Å²) >= 11 is 1.62. The Balaban J connectivity index is 1.53. The van der Waals surface area contributed by atoms with Crippen LogP contribution in [-0.2, 0) is 11.3 Å². The number of thiazole rings is 1. The lowest BCUT2D eigenvalue weighted by atomic mass is 10.1. The van der Waals surface area contributed by atoms with E-state index in [0.717, 1.165) is 27.5 Å². The minimum Gasteiger partial charge on any atom is -0.480 e. The van der Waals surface area contributed by atoms with Crippen LogP contribution < -0.4 is 4.90 Å². The summed E-state index contributed by atoms with van der Waals surface area (Å²) in [6.45, 7) is 2.49. The SMILES string of the molecule is O=C(O)[C@@H]1CN(c2nc3ccccc3s2)CCN1Cc1cccnc1. The largest absolute Gasteiger partial charge is 0.480 e. The third kappa shape index (κ3) is 3.33. The number of carbonyl (C=O) groups is 1. The average molecular weight is 354 g/mol. The van der Waals surface area contributed by atoms with Gasteiger partial charge in [-0.3, -0.25) is 14.7 Å². The fourth-order valence-corrected chi connectivity index (χ4v) is 4.14. The predicted molar refractivity (Wildman–Crippen MR) is 97.9 cm³/mol. The Labute approximate surface area is 149 Å². The first-order chi connectivity index (χ1) is 12.2. The molecule has 0 saturated carbocycles. The average Bonchev–Trinajstić information content (AvgIpc) is 3.07. The van der Waals surface area contributed by atoms with Gasteiger partial charge in [-0.25, -0.2) is 4.98 Å². The van der Waals surface area contributed by atoms with Crippen molar-refractivity contribution in [3.8, 4) is 0 Å². The number of rotatable bonds is 4. The molecule has 6 nitrogen and oxygen atoms in total. The molecule has 1 aliphatic rings. The zero-order chi connectivity index (χ0) is 17.2. The number of carboxylic acid groups (broad SMARTS) is 1. The van der Waals surface area contributed by atoms with Crippen LogP contribution in [0.15, 0.2) is 48.8 Å². The molecule has 1 saturated heterocycles. The van der Waals surface area contributed by atoms with Crippen LogP contribution in [0.5, 0.6) is 0 Å². The second kappa shape index (κ2) is 6.78. The van der Waals surface area contributed by atoms with Crippen molar-refractivity contribution in [3.63, 3.8) is 0 Å². The van der Waals surface area contributed by atoms with Gasteiger partial charge >= 0.3 is 5.97 Å². The summed E-state index contributed by atoms with van der Waals surface area (Å²) in [5, 5.41) is 10.6. The van der Waals surface area contributed by atoms with E-state index in [1.165, 1.54) is 0 Å². The highest BCUT2D eigenvalue weighted by atomic mass is 32.1. The van der Waals surface area contributed by atoms with Gasteiger partial charge in [0.25, 0.3) is 0 Å². The molecule has 0 radical (unpaired) electrons. The standard InChI is InChI=1S/C18H18N4O2S/c23-17(24)15-12-22(18-20-14-5-1-2-6-16(14)25-18)9-8-21(15)11-13-4-3-7-19-10-13/h1-7,10,15H,8-9,11-12H2,(H,23,24)/t15-/m0/s1. The van der Waals surface area contributed by atoms with E-state index in [4.69, 9.17) is 0 Å². The van der Waals surface area contributed by atoms with Gasteiger partial charge in [-0.05, 0) is 23.8 Å². The molecule has 3 aromatic rings. The molecule has 25 heavy (non-hydrogen) atoms. The van der Waals surface area contributed by atoms with Crippen molar-refractivity contribution in [2.75, 3.05) is 24.5 Å². The van der Waals surface area contributed by atoms with Crippen molar-refractivity contribution in [2.24, 2.45) is 0 Å². The van der Waals surface area contributed by atoms with Crippen molar-refractivity contribution in [2.45, 2.75) is 12.6 Å². The van der Waals surface area contributed by atoms with Crippen LogP contribution in [0.4, 0.5) is 5.13 Å². The van der Waals surface area contributed by atoms with Crippen molar-refractivity contribution in [1.29, 1.82) is 0 Å². The van der Waals surface area contributed by atoms with Gasteiger partial charge in [-0.2, -0.15) is 0 Å². The van der Waals surface area contributed by atoms with Gasteiger partial charge in [0.05, 0.1) is 10.2 Å². The van der Waals surface area contributed by atoms with Gasteiger partial charge in [-0.1, -0.05) is 29.5 Å². The highest BCUT2D eigenvalue weighted by Crippen LogP contribution is 2.30. The molecule has 1 fully saturated rings. The van der Waals surface area contributed by atoms with Crippen LogP contribution in [-0.4, -0.2) is 51.6 Å². The van der Waals surface area contributed by atoms with E-state index in [1.54, 1.807) is 23.7 Å². The van der Waals surface area contributed by atoms with Crippen molar-refractivity contribution < 1.29 is 9.90 Å². The lowest BCUT2D eigenvalue weighted by Crippen LogP contribution is -2.56. The summed E-state index contributed by atoms with van der Waals surface area (Å²) in [4.78, 5) is 24.7. The van der Waals surface area contributed by atoms with Gasteiger partial charge in [-0.15, -0.1) is 0 Å². The summed E-state index contributed by atoms with van der Waals surface area (Å²) in [5.74, 6) is -0.797. The first kappa shape index (κ1) is 16.0. The fourth-order valence-electron chi connectivity index (χ4n) is 3.14. The molecule has 1 aliphatic heterocycles. The summed E-state index contributed by atoms with van der Waals surface area (Å²) in [5.41, 5.74) is 1.99. The van der Waals surface area contributed by atoms with Crippen molar-refractivity contribution in [1.82, 2.24) is 14.9 Å². The Morgan fingerprint density at radius 2 is 2.12 bits per heavy atom. The van der Waals surface area contributed by atoms with Crippen LogP contribution in [0.25, 0.3) is 10.2 Å². The number of hydrogen-bond donors (Lipinski definition) is 1. The van der Waals surface area contributed by atoms with Gasteiger partial charge in [0.15, 0.2) is 5.13 Å². The Bertz CT molecular complexity index is 850. The monoisotopic (exact) mass is 354 g/mol. The summed E-state index contributed by atoms with van der Waals surface area (Å²) < 4.78 is 1.13. The van der Waals surface area contributed by atoms with E-state index in [-0.39, 0.29) is 0 Å². The number of hydrogen-bond acceptors (Lipinski definition) is 6. The molecule has 0 bridgehead atoms. The molecule has 0 spiro atoms. The van der Waals surface area contributed by atoms with E-state index < -0.39 is 12.0 Å². The third-order valence-electron chi connectivity index (χ3n) is 4.44. The number of fused-ring (bicyclic) bond motifs is 1. The number of anilines is 1. The second-order valence-electron chi connectivity index (χ2n) is 6.10. The van der Waals surface area contributed by atoms with E-state index in [2.05, 4.69) is 14.9 Å². The Morgan fingerprint density at radius 1 is 1.24 bits per heavy atom. The molecule has 2 aromatic heterocycles. The van der Waals surface area contributed by atoms with Crippen LogP contribution >= 0.6 is 11.3 Å². The van der Waals surface area contributed by atoms with E-state index in [0.29, 0.717) is 19.6 Å². The number of carboxylic acids is 1. The van der Waals surface area contributed by atoms with E-state index in [1.807, 2.05) is 41.3 Å². The van der Waals surface area contributed by atoms with Crippen LogP contribution in [0.2, 0.25) is 0 Å². The van der Waals surface area contributed by atoms with E-state index in [9.17, 15) is 9.90 Å². The number of aliphatic carboxylic acids is 1. The molecule has 1 aromatic carbocycles. The molecule has 7 heteroatoms. The first-order valence-electron chi connectivity index (χ1n) is 8.17. The highest BCUT2D eigenvalue weighted by molar-refractivity contribution is 7.22. The van der Waals surface area contributed by atoms with Crippen molar-refractivity contribution >= 4 is 32.7 Å². The molecule has 0 unspecified atom stereocenters. The molecule has 0 aliphatic carbocycles. The van der Waals surface area contributed by atoms with Gasteiger partial charge in [0.2, 0.25) is 0 Å². The van der Waals surface area contributed by atoms with E-state index >= 15 is 0 Å². The number of aromatic nitrogens is 2. The molecular formula is C18H18N4O2S. The highest BCUT2D eigenvalue weighted by Gasteiger charge is 2.33. The quantitative estimate of drug-likeness (QED) is 0.776. The maximum Gasteiger partial charge on any atom is 0.322 e. The van der Waals surface area contributed by atoms with Gasteiger partial charge < -0.3 is 10.0 Å². The Morgan fingerprint density at radius 3 is 2.88 bits per heavy atom. The molecule has 4 rings (SSSR count). The van der Waals surface area contributed by atoms with Crippen LogP contribution in [0.3, 0.4) is 0 Å². The lowest BCUT2D eigenvalue weighted by Gasteiger charge is -2.39. The maximum absolute atomic E-state index is 11.8. The maximum atomic E-state index is 11.8. The molecular weight excluding hydrogens is 336 g/mol. The van der Waals surface area contributed by atoms with Gasteiger partial charge in [0.1, 0.15) is 6.04 Å².